The molecule has 0 atom stereocenters. The van der Waals surface area contributed by atoms with E-state index in [4.69, 9.17) is 0 Å². The van der Waals surface area contributed by atoms with Crippen molar-refractivity contribution >= 4 is 88.3 Å². The van der Waals surface area contributed by atoms with Crippen molar-refractivity contribution in [2.75, 3.05) is 0 Å². The van der Waals surface area contributed by atoms with Crippen molar-refractivity contribution in [2.45, 2.75) is 173 Å². The predicted octanol–water partition coefficient (Wildman–Crippen LogP) is 11.6. The first-order valence-corrected chi connectivity index (χ1v) is 55.7. The fourth-order valence-electron chi connectivity index (χ4n) is 9.93. The first-order chi connectivity index (χ1) is 16.0. The molecule has 38 heavy (non-hydrogen) atoms. The van der Waals surface area contributed by atoms with Crippen LogP contribution in [-0.2, 0) is 0 Å². The SMILES string of the molecule is C[Si](C)(C)[CH]([Ge]([CH]([Si](C)(C)C)[Si](C)(C)C)=[Ge]([CH]([Si](C)(C)C)[Si](C)(C)C)[CH]([Si](C)(C)C)[Si](C)(C)C)[Si](C)(C)C. The Kier molecular flexibility index (Phi) is 13.6. The summed E-state index contributed by atoms with van der Waals surface area (Å²) in [6.45, 7) is 68.7. The summed E-state index contributed by atoms with van der Waals surface area (Å²) in [7, 11) is -10.5. The van der Waals surface area contributed by atoms with Gasteiger partial charge in [-0.3, -0.25) is 0 Å². The first-order valence-electron chi connectivity index (χ1n) is 15.7. The normalized spacial score (nSPS) is 15.8. The van der Waals surface area contributed by atoms with E-state index in [-0.39, 0.29) is 0 Å². The summed E-state index contributed by atoms with van der Waals surface area (Å²) in [6.07, 6.45) is 0. The maximum atomic E-state index is 2.86. The van der Waals surface area contributed by atoms with Gasteiger partial charge in [0.1, 0.15) is 0 Å². The Hall–Kier alpha value is 2.82. The molecule has 0 rings (SSSR count). The van der Waals surface area contributed by atoms with Gasteiger partial charge in [-0.2, -0.15) is 0 Å². The molecule has 0 saturated carbocycles. The van der Waals surface area contributed by atoms with Crippen molar-refractivity contribution in [3.05, 3.63) is 0 Å². The zero-order valence-electron chi connectivity index (χ0n) is 31.3. The number of rotatable bonds is 12. The molecule has 0 heterocycles. The molecule has 0 fully saturated rings. The Morgan fingerprint density at radius 3 is 0.342 bits per heavy atom. The third-order valence-corrected chi connectivity index (χ3v) is 151. The molecule has 0 aliphatic heterocycles. The van der Waals surface area contributed by atoms with Crippen molar-refractivity contribution in [3.63, 3.8) is 0 Å². The molecule has 0 nitrogen and oxygen atoms in total. The zero-order chi connectivity index (χ0) is 31.5. The van der Waals surface area contributed by atoms with E-state index in [0.717, 1.165) is 0 Å². The second-order valence-electron chi connectivity index (χ2n) is 21.6. The Bertz CT molecular complexity index is 634. The van der Waals surface area contributed by atoms with Crippen molar-refractivity contribution in [1.29, 1.82) is 0 Å². The summed E-state index contributed by atoms with van der Waals surface area (Å²) >= 11 is -2.95. The van der Waals surface area contributed by atoms with Gasteiger partial charge < -0.3 is 0 Å². The van der Waals surface area contributed by atoms with Gasteiger partial charge in [-0.05, 0) is 0 Å². The summed E-state index contributed by atoms with van der Waals surface area (Å²) in [6, 6.07) is 0. The van der Waals surface area contributed by atoms with Gasteiger partial charge in [0.15, 0.2) is 0 Å². The van der Waals surface area contributed by atoms with E-state index in [1.165, 1.54) is 16.0 Å². The summed E-state index contributed by atoms with van der Waals surface area (Å²) in [5.74, 6) is 0. The topological polar surface area (TPSA) is 0 Å². The molecule has 10 heteroatoms. The van der Waals surface area contributed by atoms with Gasteiger partial charge in [-0.1, -0.05) is 0 Å². The standard InChI is InChI=1S/C28H76Ge2Si8/c1-31(2,3)25(32(4,5)6)29(26(33(7,8)9)34(10,11)12)30(27(35(13,14)15)36(16,17)18)28(37(19,20)21)38(22,23)24/h25-28H,1-24H3. The molecule has 0 aromatic carbocycles. The van der Waals surface area contributed by atoms with Crippen LogP contribution in [-0.4, -0.2) is 88.3 Å². The molecule has 0 amide bonds. The van der Waals surface area contributed by atoms with Gasteiger partial charge in [-0.25, -0.2) is 0 Å². The molecule has 0 aliphatic carbocycles. The van der Waals surface area contributed by atoms with Crippen molar-refractivity contribution in [3.8, 4) is 0 Å². The Balaban J connectivity index is 9.15. The summed E-state index contributed by atoms with van der Waals surface area (Å²) < 4.78 is 5.00. The minimum absolute atomic E-state index is 1.25. The van der Waals surface area contributed by atoms with Crippen molar-refractivity contribution < 1.29 is 0 Å². The fraction of sp³-hybridized carbons (Fsp3) is 1.00. The van der Waals surface area contributed by atoms with Crippen LogP contribution >= 0.6 is 0 Å². The van der Waals surface area contributed by atoms with E-state index >= 15 is 0 Å². The second-order valence-corrected chi connectivity index (χ2v) is 97.3. The third kappa shape index (κ3) is 11.1. The Morgan fingerprint density at radius 1 is 0.211 bits per heavy atom. The molecule has 228 valence electrons. The quantitative estimate of drug-likeness (QED) is 0.173. The molecule has 0 unspecified atom stereocenters. The molecule has 0 aromatic heterocycles. The van der Waals surface area contributed by atoms with E-state index in [2.05, 4.69) is 157 Å². The van der Waals surface area contributed by atoms with E-state index in [1.807, 2.05) is 0 Å². The van der Waals surface area contributed by atoms with Crippen LogP contribution in [0.4, 0.5) is 0 Å². The zero-order valence-corrected chi connectivity index (χ0v) is 43.5. The molecule has 0 aliphatic rings. The third-order valence-electron chi connectivity index (χ3n) is 8.51. The van der Waals surface area contributed by atoms with E-state index in [9.17, 15) is 0 Å². The first kappa shape index (κ1) is 40.8. The second kappa shape index (κ2) is 12.7. The van der Waals surface area contributed by atoms with Crippen LogP contribution in [0.15, 0.2) is 0 Å². The molecular weight excluding hydrogens is 706 g/mol. The van der Waals surface area contributed by atoms with Crippen LogP contribution in [0.1, 0.15) is 0 Å². The van der Waals surface area contributed by atoms with E-state index < -0.39 is 88.3 Å². The summed E-state index contributed by atoms with van der Waals surface area (Å²) in [5, 5.41) is 0. The van der Waals surface area contributed by atoms with Gasteiger partial charge in [0.2, 0.25) is 0 Å². The minimum atomic E-state index is -1.47. The maximum absolute atomic E-state index is 2.86. The molecule has 0 saturated heterocycles. The Labute approximate surface area is 259 Å². The van der Waals surface area contributed by atoms with Crippen LogP contribution in [0, 0.1) is 0 Å². The molecule has 0 bridgehead atoms. The van der Waals surface area contributed by atoms with Gasteiger partial charge >= 0.3 is 261 Å². The monoisotopic (exact) mass is 784 g/mol. The Morgan fingerprint density at radius 2 is 0.289 bits per heavy atom. The molecule has 0 N–H and O–H groups in total. The van der Waals surface area contributed by atoms with Crippen LogP contribution in [0.2, 0.25) is 173 Å². The van der Waals surface area contributed by atoms with Crippen LogP contribution in [0.5, 0.6) is 0 Å². The van der Waals surface area contributed by atoms with E-state index in [0.29, 0.717) is 0 Å². The van der Waals surface area contributed by atoms with Crippen molar-refractivity contribution in [2.24, 2.45) is 0 Å². The van der Waals surface area contributed by atoms with Crippen LogP contribution in [0.25, 0.3) is 0 Å². The average molecular weight is 783 g/mol. The number of hydrogen-bond donors (Lipinski definition) is 0. The average Bonchev–Trinajstić information content (AvgIpc) is 2.41. The van der Waals surface area contributed by atoms with E-state index in [1.54, 1.807) is 0 Å². The van der Waals surface area contributed by atoms with Gasteiger partial charge in [0.05, 0.1) is 0 Å². The molecular formula is C28H76Ge2Si8. The summed E-state index contributed by atoms with van der Waals surface area (Å²) in [5.41, 5.74) is 0. The molecule has 0 aromatic rings. The predicted molar refractivity (Wildman–Crippen MR) is 213 cm³/mol. The van der Waals surface area contributed by atoms with Gasteiger partial charge in [-0.15, -0.1) is 0 Å². The molecule has 0 radical (unpaired) electrons. The summed E-state index contributed by atoms with van der Waals surface area (Å²) in [4.78, 5) is 0. The van der Waals surface area contributed by atoms with Crippen molar-refractivity contribution in [1.82, 2.24) is 0 Å². The number of hydrogen-bond acceptors (Lipinski definition) is 0. The van der Waals surface area contributed by atoms with Crippen LogP contribution in [0.3, 0.4) is 0 Å². The molecule has 0 spiro atoms. The van der Waals surface area contributed by atoms with Gasteiger partial charge in [0, 0.05) is 0 Å². The van der Waals surface area contributed by atoms with Gasteiger partial charge in [0.25, 0.3) is 0 Å². The fourth-order valence-corrected chi connectivity index (χ4v) is 288. The van der Waals surface area contributed by atoms with Crippen LogP contribution < -0.4 is 0 Å².